The zero-order valence-corrected chi connectivity index (χ0v) is 10.6. The first-order valence-electron chi connectivity index (χ1n) is 6.13. The van der Waals surface area contributed by atoms with Crippen LogP contribution in [0.25, 0.3) is 32.8 Å². The van der Waals surface area contributed by atoms with Crippen LogP contribution in [0.2, 0.25) is 0 Å². The number of azide groups is 1. The molecule has 20 heavy (non-hydrogen) atoms. The first-order valence-corrected chi connectivity index (χ1v) is 6.13. The molecule has 0 unspecified atom stereocenters. The van der Waals surface area contributed by atoms with Crippen molar-refractivity contribution < 1.29 is 0 Å². The van der Waals surface area contributed by atoms with E-state index in [9.17, 15) is 0 Å². The second kappa shape index (κ2) is 5.30. The van der Waals surface area contributed by atoms with Crippen LogP contribution in [0.5, 0.6) is 0 Å². The highest BCUT2D eigenvalue weighted by Gasteiger charge is 2.03. The molecular formula is C15H11N5. The second-order valence-electron chi connectivity index (χ2n) is 4.27. The third kappa shape index (κ3) is 2.39. The summed E-state index contributed by atoms with van der Waals surface area (Å²) >= 11 is 0. The minimum atomic E-state index is 0.412. The van der Waals surface area contributed by atoms with E-state index in [1.54, 1.807) is 6.07 Å². The fourth-order valence-electron chi connectivity index (χ4n) is 2.02. The maximum absolute atomic E-state index is 8.37. The summed E-state index contributed by atoms with van der Waals surface area (Å²) in [5.74, 6) is 0.412. The quantitative estimate of drug-likeness (QED) is 0.414. The zero-order valence-electron chi connectivity index (χ0n) is 10.6. The molecule has 0 radical (unpaired) electrons. The van der Waals surface area contributed by atoms with Gasteiger partial charge in [-0.3, -0.25) is 5.10 Å². The Morgan fingerprint density at radius 1 is 0.900 bits per heavy atom. The van der Waals surface area contributed by atoms with Crippen LogP contribution >= 0.6 is 0 Å². The van der Waals surface area contributed by atoms with E-state index in [2.05, 4.69) is 32.4 Å². The van der Waals surface area contributed by atoms with Crippen LogP contribution in [0.4, 0.5) is 5.82 Å². The normalized spacial score (nSPS) is 10.0. The van der Waals surface area contributed by atoms with Gasteiger partial charge in [-0.2, -0.15) is 5.10 Å². The van der Waals surface area contributed by atoms with Crippen molar-refractivity contribution in [2.24, 2.45) is 5.11 Å². The van der Waals surface area contributed by atoms with E-state index in [1.165, 1.54) is 5.56 Å². The summed E-state index contributed by atoms with van der Waals surface area (Å²) in [4.78, 5) is 2.72. The van der Waals surface area contributed by atoms with Crippen molar-refractivity contribution in [1.29, 1.82) is 0 Å². The van der Waals surface area contributed by atoms with Crippen LogP contribution in [-0.4, -0.2) is 10.2 Å². The van der Waals surface area contributed by atoms with Gasteiger partial charge in [0, 0.05) is 10.5 Å². The number of rotatable bonds is 3. The molecule has 0 aliphatic carbocycles. The van der Waals surface area contributed by atoms with Gasteiger partial charge in [0.2, 0.25) is 0 Å². The molecule has 0 bridgehead atoms. The zero-order chi connectivity index (χ0) is 13.8. The number of H-pyrrole nitrogens is 1. The molecule has 0 saturated carbocycles. The second-order valence-corrected chi connectivity index (χ2v) is 4.27. The number of benzene rings is 2. The molecule has 3 rings (SSSR count). The van der Waals surface area contributed by atoms with E-state index >= 15 is 0 Å². The average Bonchev–Trinajstić information content (AvgIpc) is 2.97. The lowest BCUT2D eigenvalue weighted by atomic mass is 10.0. The summed E-state index contributed by atoms with van der Waals surface area (Å²) in [6.45, 7) is 0. The molecule has 1 heterocycles. The summed E-state index contributed by atoms with van der Waals surface area (Å²) in [6, 6.07) is 20.0. The summed E-state index contributed by atoms with van der Waals surface area (Å²) in [7, 11) is 0. The Morgan fingerprint density at radius 2 is 1.55 bits per heavy atom. The molecule has 0 atom stereocenters. The Bertz CT molecular complexity index is 752. The maximum Gasteiger partial charge on any atom is 0.122 e. The summed E-state index contributed by atoms with van der Waals surface area (Å²) in [5, 5.41) is 10.3. The molecule has 5 nitrogen and oxygen atoms in total. The highest BCUT2D eigenvalue weighted by Crippen LogP contribution is 2.25. The molecule has 5 heteroatoms. The Kier molecular flexibility index (Phi) is 3.18. The standard InChI is InChI=1S/C15H11N5/c16-20-19-15-10-14(17-18-15)13-8-6-12(7-9-13)11-4-2-1-3-5-11/h1-10H,(H,17,18). The first-order chi connectivity index (χ1) is 9.86. The Balaban J connectivity index is 1.91. The largest absolute Gasteiger partial charge is 0.275 e. The van der Waals surface area contributed by atoms with Crippen LogP contribution in [0.1, 0.15) is 0 Å². The van der Waals surface area contributed by atoms with Gasteiger partial charge in [-0.25, -0.2) is 0 Å². The van der Waals surface area contributed by atoms with Gasteiger partial charge in [0.15, 0.2) is 0 Å². The van der Waals surface area contributed by atoms with E-state index in [1.807, 2.05) is 42.5 Å². The molecule has 0 aliphatic rings. The molecule has 0 amide bonds. The van der Waals surface area contributed by atoms with Crippen molar-refractivity contribution >= 4 is 5.82 Å². The monoisotopic (exact) mass is 261 g/mol. The molecule has 3 aromatic rings. The topological polar surface area (TPSA) is 77.4 Å². The summed E-state index contributed by atoms with van der Waals surface area (Å²) in [6.07, 6.45) is 0. The Hall–Kier alpha value is -3.04. The van der Waals surface area contributed by atoms with Gasteiger partial charge in [-0.15, -0.1) is 0 Å². The predicted molar refractivity (Wildman–Crippen MR) is 78.3 cm³/mol. The Morgan fingerprint density at radius 3 is 2.25 bits per heavy atom. The molecule has 1 N–H and O–H groups in total. The number of hydrogen-bond acceptors (Lipinski definition) is 2. The van der Waals surface area contributed by atoms with E-state index < -0.39 is 0 Å². The van der Waals surface area contributed by atoms with E-state index in [4.69, 9.17) is 5.53 Å². The summed E-state index contributed by atoms with van der Waals surface area (Å²) in [5.41, 5.74) is 12.4. The Labute approximate surface area is 115 Å². The lowest BCUT2D eigenvalue weighted by Crippen LogP contribution is -1.80. The van der Waals surface area contributed by atoms with E-state index in [-0.39, 0.29) is 0 Å². The first kappa shape index (κ1) is 12.0. The lowest BCUT2D eigenvalue weighted by Gasteiger charge is -2.02. The minimum Gasteiger partial charge on any atom is -0.275 e. The van der Waals surface area contributed by atoms with Gasteiger partial charge < -0.3 is 0 Å². The fraction of sp³-hybridized carbons (Fsp3) is 0. The van der Waals surface area contributed by atoms with Gasteiger partial charge in [0.1, 0.15) is 5.82 Å². The van der Waals surface area contributed by atoms with Gasteiger partial charge in [-0.1, -0.05) is 54.6 Å². The van der Waals surface area contributed by atoms with E-state index in [0.29, 0.717) is 5.82 Å². The third-order valence-corrected chi connectivity index (χ3v) is 3.00. The minimum absolute atomic E-state index is 0.412. The number of nitrogens with zero attached hydrogens (tertiary/aromatic N) is 4. The van der Waals surface area contributed by atoms with Crippen LogP contribution in [0.3, 0.4) is 0 Å². The number of aromatic nitrogens is 2. The highest BCUT2D eigenvalue weighted by atomic mass is 15.2. The van der Waals surface area contributed by atoms with E-state index in [0.717, 1.165) is 16.8 Å². The number of aromatic amines is 1. The van der Waals surface area contributed by atoms with Crippen LogP contribution in [0, 0.1) is 0 Å². The maximum atomic E-state index is 8.37. The molecule has 1 aromatic heterocycles. The molecule has 0 spiro atoms. The summed E-state index contributed by atoms with van der Waals surface area (Å²) < 4.78 is 0. The molecule has 0 fully saturated rings. The number of hydrogen-bond donors (Lipinski definition) is 1. The molecular weight excluding hydrogens is 250 g/mol. The lowest BCUT2D eigenvalue weighted by molar-refractivity contribution is 1.08. The third-order valence-electron chi connectivity index (χ3n) is 3.00. The SMILES string of the molecule is [N-]=[N+]=Nc1cc(-c2ccc(-c3ccccc3)cc2)n[nH]1. The fourth-order valence-corrected chi connectivity index (χ4v) is 2.02. The smallest absolute Gasteiger partial charge is 0.122 e. The molecule has 0 aliphatic heterocycles. The predicted octanol–water partition coefficient (Wildman–Crippen LogP) is 4.69. The van der Waals surface area contributed by atoms with Crippen molar-refractivity contribution in [3.05, 3.63) is 71.1 Å². The van der Waals surface area contributed by atoms with Gasteiger partial charge in [0.05, 0.1) is 5.69 Å². The highest BCUT2D eigenvalue weighted by molar-refractivity contribution is 5.69. The molecule has 96 valence electrons. The van der Waals surface area contributed by atoms with Crippen molar-refractivity contribution in [2.75, 3.05) is 0 Å². The molecule has 2 aromatic carbocycles. The van der Waals surface area contributed by atoms with Crippen molar-refractivity contribution in [3.63, 3.8) is 0 Å². The van der Waals surface area contributed by atoms with Gasteiger partial charge >= 0.3 is 0 Å². The van der Waals surface area contributed by atoms with Gasteiger partial charge in [0.25, 0.3) is 0 Å². The van der Waals surface area contributed by atoms with Crippen molar-refractivity contribution in [1.82, 2.24) is 10.2 Å². The van der Waals surface area contributed by atoms with Crippen molar-refractivity contribution in [2.45, 2.75) is 0 Å². The van der Waals surface area contributed by atoms with Crippen LogP contribution < -0.4 is 0 Å². The van der Waals surface area contributed by atoms with Crippen molar-refractivity contribution in [3.8, 4) is 22.4 Å². The van der Waals surface area contributed by atoms with Crippen LogP contribution in [-0.2, 0) is 0 Å². The average molecular weight is 261 g/mol. The van der Waals surface area contributed by atoms with Gasteiger partial charge in [-0.05, 0) is 27.8 Å². The van der Waals surface area contributed by atoms with Crippen LogP contribution in [0.15, 0.2) is 65.8 Å². The number of nitrogens with one attached hydrogen (secondary N) is 1. The molecule has 0 saturated heterocycles.